The molecule has 0 radical (unpaired) electrons. The van der Waals surface area contributed by atoms with E-state index in [-0.39, 0.29) is 21.5 Å². The Hall–Kier alpha value is -5.11. The molecule has 14 heteroatoms. The van der Waals surface area contributed by atoms with Crippen LogP contribution in [-0.2, 0) is 12.8 Å². The van der Waals surface area contributed by atoms with E-state index in [9.17, 15) is 28.1 Å². The first-order chi connectivity index (χ1) is 21.0. The molecule has 4 rings (SSSR count). The van der Waals surface area contributed by atoms with Gasteiger partial charge in [-0.3, -0.25) is 14.9 Å². The molecular formula is C30H23BrF3N3O7. The fourth-order valence-electron chi connectivity index (χ4n) is 3.84. The van der Waals surface area contributed by atoms with Crippen LogP contribution < -0.4 is 24.4 Å². The van der Waals surface area contributed by atoms with Gasteiger partial charge in [0.15, 0.2) is 23.0 Å². The van der Waals surface area contributed by atoms with Gasteiger partial charge in [0.2, 0.25) is 5.75 Å². The highest BCUT2D eigenvalue weighted by Gasteiger charge is 2.33. The summed E-state index contributed by atoms with van der Waals surface area (Å²) in [5.41, 5.74) is 1.98. The molecule has 0 aliphatic rings. The van der Waals surface area contributed by atoms with Crippen molar-refractivity contribution in [2.45, 2.75) is 12.8 Å². The van der Waals surface area contributed by atoms with Gasteiger partial charge in [0.1, 0.15) is 6.61 Å². The number of nitrogens with one attached hydrogen (secondary N) is 1. The van der Waals surface area contributed by atoms with Crippen LogP contribution in [0.1, 0.15) is 27.0 Å². The van der Waals surface area contributed by atoms with Crippen LogP contribution in [0.5, 0.6) is 28.7 Å². The van der Waals surface area contributed by atoms with Crippen LogP contribution >= 0.6 is 15.9 Å². The maximum Gasteiger partial charge on any atom is 0.416 e. The van der Waals surface area contributed by atoms with Gasteiger partial charge in [0.05, 0.1) is 35.4 Å². The minimum atomic E-state index is -4.77. The Balaban J connectivity index is 1.47. The van der Waals surface area contributed by atoms with Crippen LogP contribution in [0.15, 0.2) is 88.4 Å². The molecule has 1 amide bonds. The first kappa shape index (κ1) is 31.8. The van der Waals surface area contributed by atoms with E-state index in [0.29, 0.717) is 35.8 Å². The Kier molecular flexibility index (Phi) is 10.1. The molecule has 0 unspecified atom stereocenters. The SMILES string of the molecule is COc1cc(C(=O)N/N=C/c2cc(Br)c(Oc3ccc(C(F)(F)F)cc3[N+](=O)[O-])c(OC)c2)ccc1OCc1ccccc1. The molecule has 4 aromatic carbocycles. The number of halogens is 4. The topological polar surface area (TPSA) is 122 Å². The Labute approximate surface area is 257 Å². The molecule has 0 saturated heterocycles. The van der Waals surface area contributed by atoms with Crippen LogP contribution in [0.2, 0.25) is 0 Å². The molecule has 228 valence electrons. The maximum absolute atomic E-state index is 13.1. The lowest BCUT2D eigenvalue weighted by atomic mass is 10.1. The molecule has 4 aromatic rings. The van der Waals surface area contributed by atoms with Crippen LogP contribution in [0.25, 0.3) is 0 Å². The van der Waals surface area contributed by atoms with Crippen molar-refractivity contribution < 1.29 is 41.8 Å². The minimum absolute atomic E-state index is 0.0294. The fourth-order valence-corrected chi connectivity index (χ4v) is 4.38. The predicted molar refractivity (Wildman–Crippen MR) is 158 cm³/mol. The van der Waals surface area contributed by atoms with E-state index < -0.39 is 34.0 Å². The summed E-state index contributed by atoms with van der Waals surface area (Å²) in [5.74, 6) is -0.0971. The lowest BCUT2D eigenvalue weighted by Gasteiger charge is -2.14. The van der Waals surface area contributed by atoms with Crippen molar-refractivity contribution in [2.24, 2.45) is 5.10 Å². The number of ether oxygens (including phenoxy) is 4. The lowest BCUT2D eigenvalue weighted by Crippen LogP contribution is -2.17. The van der Waals surface area contributed by atoms with Gasteiger partial charge < -0.3 is 18.9 Å². The van der Waals surface area contributed by atoms with E-state index in [2.05, 4.69) is 26.5 Å². The van der Waals surface area contributed by atoms with E-state index in [0.717, 1.165) is 11.6 Å². The number of rotatable bonds is 11. The van der Waals surface area contributed by atoms with Crippen molar-refractivity contribution in [1.82, 2.24) is 5.43 Å². The van der Waals surface area contributed by atoms with Gasteiger partial charge >= 0.3 is 11.9 Å². The van der Waals surface area contributed by atoms with Crippen LogP contribution in [0.3, 0.4) is 0 Å². The van der Waals surface area contributed by atoms with Crippen LogP contribution in [-0.4, -0.2) is 31.3 Å². The normalized spacial score (nSPS) is 11.2. The van der Waals surface area contributed by atoms with E-state index in [1.807, 2.05) is 30.3 Å². The van der Waals surface area contributed by atoms with E-state index in [4.69, 9.17) is 18.9 Å². The molecule has 10 nitrogen and oxygen atoms in total. The van der Waals surface area contributed by atoms with Gasteiger partial charge in [0.25, 0.3) is 5.91 Å². The van der Waals surface area contributed by atoms with E-state index in [1.54, 1.807) is 12.1 Å². The number of methoxy groups -OCH3 is 2. The third kappa shape index (κ3) is 7.83. The van der Waals surface area contributed by atoms with Crippen molar-refractivity contribution in [1.29, 1.82) is 0 Å². The number of carbonyl (C=O) groups is 1. The zero-order chi connectivity index (χ0) is 31.9. The number of benzene rings is 4. The fraction of sp³-hybridized carbons (Fsp3) is 0.133. The lowest BCUT2D eigenvalue weighted by molar-refractivity contribution is -0.385. The number of nitrogens with zero attached hydrogens (tertiary/aromatic N) is 2. The first-order valence-corrected chi connectivity index (χ1v) is 13.4. The third-order valence-electron chi connectivity index (χ3n) is 5.99. The molecule has 1 N–H and O–H groups in total. The zero-order valence-corrected chi connectivity index (χ0v) is 24.6. The number of hydrogen-bond acceptors (Lipinski definition) is 8. The van der Waals surface area contributed by atoms with Crippen molar-refractivity contribution in [2.75, 3.05) is 14.2 Å². The van der Waals surface area contributed by atoms with Gasteiger partial charge in [-0.2, -0.15) is 18.3 Å². The maximum atomic E-state index is 13.1. The average molecular weight is 674 g/mol. The van der Waals surface area contributed by atoms with Gasteiger partial charge in [0, 0.05) is 11.6 Å². The second-order valence-electron chi connectivity index (χ2n) is 8.91. The van der Waals surface area contributed by atoms with Crippen LogP contribution in [0, 0.1) is 10.1 Å². The molecule has 0 aromatic heterocycles. The Morgan fingerprint density at radius 3 is 2.32 bits per heavy atom. The molecule has 0 atom stereocenters. The molecule has 0 bridgehead atoms. The smallest absolute Gasteiger partial charge is 0.416 e. The van der Waals surface area contributed by atoms with Gasteiger partial charge in [-0.25, -0.2) is 5.43 Å². The number of nitro groups is 1. The summed E-state index contributed by atoms with van der Waals surface area (Å²) in [6.07, 6.45) is -3.46. The van der Waals surface area contributed by atoms with Gasteiger partial charge in [-0.1, -0.05) is 30.3 Å². The minimum Gasteiger partial charge on any atom is -0.493 e. The summed E-state index contributed by atoms with van der Waals surface area (Å²) in [6.45, 7) is 0.317. The number of alkyl halides is 3. The molecule has 0 aliphatic carbocycles. The third-order valence-corrected chi connectivity index (χ3v) is 6.58. The Morgan fingerprint density at radius 1 is 0.955 bits per heavy atom. The monoisotopic (exact) mass is 673 g/mol. The summed E-state index contributed by atoms with van der Waals surface area (Å²) in [5, 5.41) is 15.4. The Morgan fingerprint density at radius 2 is 1.66 bits per heavy atom. The first-order valence-electron chi connectivity index (χ1n) is 12.6. The van der Waals surface area contributed by atoms with Crippen molar-refractivity contribution >= 4 is 33.7 Å². The molecule has 0 spiro atoms. The molecule has 0 aliphatic heterocycles. The highest BCUT2D eigenvalue weighted by molar-refractivity contribution is 9.10. The summed E-state index contributed by atoms with van der Waals surface area (Å²) >= 11 is 3.28. The summed E-state index contributed by atoms with van der Waals surface area (Å²) in [7, 11) is 2.76. The van der Waals surface area contributed by atoms with Crippen molar-refractivity contribution in [3.8, 4) is 28.7 Å². The average Bonchev–Trinajstić information content (AvgIpc) is 3.00. The molecule has 0 fully saturated rings. The second kappa shape index (κ2) is 13.9. The standard InChI is InChI=1S/C30H23BrF3N3O7/c1-41-26-14-20(8-10-25(26)43-17-18-6-4-3-5-7-18)29(38)36-35-16-19-12-22(31)28(27(13-19)42-2)44-24-11-9-21(30(32,33)34)15-23(24)37(39)40/h3-16H,17H2,1-2H3,(H,36,38)/b35-16+. The van der Waals surface area contributed by atoms with Gasteiger partial charge in [-0.05, 0) is 69.5 Å². The number of amides is 1. The molecule has 44 heavy (non-hydrogen) atoms. The predicted octanol–water partition coefficient (Wildman–Crippen LogP) is 7.53. The zero-order valence-electron chi connectivity index (χ0n) is 23.1. The van der Waals surface area contributed by atoms with Crippen molar-refractivity contribution in [3.63, 3.8) is 0 Å². The summed E-state index contributed by atoms with van der Waals surface area (Å²) < 4.78 is 61.5. The van der Waals surface area contributed by atoms with Gasteiger partial charge in [-0.15, -0.1) is 0 Å². The Bertz CT molecular complexity index is 1700. The van der Waals surface area contributed by atoms with Crippen LogP contribution in [0.4, 0.5) is 18.9 Å². The van der Waals surface area contributed by atoms with E-state index in [1.165, 1.54) is 38.6 Å². The quantitative estimate of drug-likeness (QED) is 0.0992. The number of carbonyl (C=O) groups excluding carboxylic acids is 1. The largest absolute Gasteiger partial charge is 0.493 e. The number of hydrazone groups is 1. The molecule has 0 saturated carbocycles. The molecular weight excluding hydrogens is 651 g/mol. The highest BCUT2D eigenvalue weighted by atomic mass is 79.9. The molecule has 0 heterocycles. The highest BCUT2D eigenvalue weighted by Crippen LogP contribution is 2.43. The second-order valence-corrected chi connectivity index (χ2v) is 9.77. The summed E-state index contributed by atoms with van der Waals surface area (Å²) in [4.78, 5) is 23.2. The number of hydrogen-bond donors (Lipinski definition) is 1. The van der Waals surface area contributed by atoms with Crippen molar-refractivity contribution in [3.05, 3.63) is 116 Å². The van der Waals surface area contributed by atoms with E-state index >= 15 is 0 Å². The summed E-state index contributed by atoms with van der Waals surface area (Å²) in [6, 6.07) is 19.1. The number of nitro benzene ring substituents is 1.